The van der Waals surface area contributed by atoms with Crippen LogP contribution >= 0.6 is 12.4 Å². The molecule has 25 heavy (non-hydrogen) atoms. The molecular formula is C18H25ClFN3O2. The first-order valence-electron chi connectivity index (χ1n) is 7.91. The SMILES string of the molecule is COc1ccc(-c2cc(CN(C)C)c(=O)n(CC(C)C)n2)cc1F.Cl. The summed E-state index contributed by atoms with van der Waals surface area (Å²) in [6.07, 6.45) is 0. The lowest BCUT2D eigenvalue weighted by Crippen LogP contribution is -2.30. The van der Waals surface area contributed by atoms with E-state index in [1.807, 2.05) is 32.8 Å². The zero-order valence-electron chi connectivity index (χ0n) is 15.2. The number of hydrogen-bond acceptors (Lipinski definition) is 4. The van der Waals surface area contributed by atoms with E-state index in [1.165, 1.54) is 17.9 Å². The highest BCUT2D eigenvalue weighted by atomic mass is 35.5. The molecule has 0 amide bonds. The lowest BCUT2D eigenvalue weighted by atomic mass is 10.1. The third kappa shape index (κ3) is 5.28. The minimum atomic E-state index is -0.451. The van der Waals surface area contributed by atoms with Crippen LogP contribution in [0.4, 0.5) is 4.39 Å². The molecule has 0 aliphatic carbocycles. The Morgan fingerprint density at radius 1 is 1.28 bits per heavy atom. The average molecular weight is 370 g/mol. The Bertz CT molecular complexity index is 741. The molecule has 0 atom stereocenters. The third-order valence-electron chi connectivity index (χ3n) is 3.52. The number of nitrogens with zero attached hydrogens (tertiary/aromatic N) is 3. The van der Waals surface area contributed by atoms with Crippen molar-refractivity contribution >= 4 is 12.4 Å². The summed E-state index contributed by atoms with van der Waals surface area (Å²) in [6, 6.07) is 6.43. The summed E-state index contributed by atoms with van der Waals surface area (Å²) in [4.78, 5) is 14.5. The molecule has 0 bridgehead atoms. The van der Waals surface area contributed by atoms with E-state index in [2.05, 4.69) is 5.10 Å². The molecule has 0 unspecified atom stereocenters. The molecule has 0 spiro atoms. The standard InChI is InChI=1S/C18H24FN3O2.ClH/c1-12(2)10-22-18(23)14(11-21(3)4)9-16(20-22)13-6-7-17(24-5)15(19)8-13;/h6-9,12H,10-11H2,1-5H3;1H. The van der Waals surface area contributed by atoms with Gasteiger partial charge in [0.1, 0.15) is 0 Å². The van der Waals surface area contributed by atoms with Gasteiger partial charge in [0.25, 0.3) is 5.56 Å². The predicted molar refractivity (Wildman–Crippen MR) is 99.9 cm³/mol. The Hall–Kier alpha value is -1.92. The highest BCUT2D eigenvalue weighted by Crippen LogP contribution is 2.24. The summed E-state index contributed by atoms with van der Waals surface area (Å²) in [7, 11) is 5.23. The van der Waals surface area contributed by atoms with E-state index in [0.29, 0.717) is 29.9 Å². The largest absolute Gasteiger partial charge is 0.494 e. The molecular weight excluding hydrogens is 345 g/mol. The number of rotatable bonds is 6. The zero-order valence-corrected chi connectivity index (χ0v) is 16.1. The van der Waals surface area contributed by atoms with Gasteiger partial charge in [-0.2, -0.15) is 5.10 Å². The first-order valence-corrected chi connectivity index (χ1v) is 7.91. The average Bonchev–Trinajstić information content (AvgIpc) is 2.50. The Morgan fingerprint density at radius 3 is 2.48 bits per heavy atom. The van der Waals surface area contributed by atoms with Crippen molar-refractivity contribution in [1.29, 1.82) is 0 Å². The van der Waals surface area contributed by atoms with Gasteiger partial charge in [-0.1, -0.05) is 13.8 Å². The van der Waals surface area contributed by atoms with E-state index >= 15 is 0 Å². The Balaban J connectivity index is 0.00000312. The van der Waals surface area contributed by atoms with Crippen molar-refractivity contribution in [3.63, 3.8) is 0 Å². The number of hydrogen-bond donors (Lipinski definition) is 0. The Kier molecular flexibility index (Phi) is 7.58. The van der Waals surface area contributed by atoms with Crippen LogP contribution in [0.3, 0.4) is 0 Å². The van der Waals surface area contributed by atoms with Crippen LogP contribution in [0.2, 0.25) is 0 Å². The molecule has 2 aromatic rings. The highest BCUT2D eigenvalue weighted by Gasteiger charge is 2.13. The van der Waals surface area contributed by atoms with Crippen molar-refractivity contribution in [2.45, 2.75) is 26.9 Å². The van der Waals surface area contributed by atoms with Gasteiger partial charge in [-0.15, -0.1) is 12.4 Å². The van der Waals surface area contributed by atoms with E-state index in [-0.39, 0.29) is 29.6 Å². The van der Waals surface area contributed by atoms with Gasteiger partial charge in [0.2, 0.25) is 0 Å². The van der Waals surface area contributed by atoms with Gasteiger partial charge < -0.3 is 9.64 Å². The van der Waals surface area contributed by atoms with E-state index in [9.17, 15) is 9.18 Å². The lowest BCUT2D eigenvalue weighted by Gasteiger charge is -2.15. The van der Waals surface area contributed by atoms with Crippen molar-refractivity contribution in [2.75, 3.05) is 21.2 Å². The Morgan fingerprint density at radius 2 is 1.96 bits per heavy atom. The van der Waals surface area contributed by atoms with E-state index in [1.54, 1.807) is 18.2 Å². The van der Waals surface area contributed by atoms with E-state index in [0.717, 1.165) is 0 Å². The van der Waals surface area contributed by atoms with Crippen LogP contribution in [0.5, 0.6) is 5.75 Å². The number of halogens is 2. The van der Waals surface area contributed by atoms with Gasteiger partial charge in [0.05, 0.1) is 12.8 Å². The van der Waals surface area contributed by atoms with E-state index < -0.39 is 5.82 Å². The van der Waals surface area contributed by atoms with Crippen LogP contribution in [0, 0.1) is 11.7 Å². The normalized spacial score (nSPS) is 10.9. The van der Waals surface area contributed by atoms with Crippen LogP contribution in [-0.4, -0.2) is 35.9 Å². The van der Waals surface area contributed by atoms with Gasteiger partial charge >= 0.3 is 0 Å². The number of aromatic nitrogens is 2. The number of benzene rings is 1. The highest BCUT2D eigenvalue weighted by molar-refractivity contribution is 5.85. The topological polar surface area (TPSA) is 47.4 Å². The van der Waals surface area contributed by atoms with Crippen LogP contribution in [0.15, 0.2) is 29.1 Å². The lowest BCUT2D eigenvalue weighted by molar-refractivity contribution is 0.386. The minimum Gasteiger partial charge on any atom is -0.494 e. The smallest absolute Gasteiger partial charge is 0.271 e. The molecule has 0 N–H and O–H groups in total. The molecule has 7 heteroatoms. The van der Waals surface area contributed by atoms with Crippen LogP contribution in [0.25, 0.3) is 11.3 Å². The molecule has 0 aliphatic rings. The predicted octanol–water partition coefficient (Wildman–Crippen LogP) is 3.20. The van der Waals surface area contributed by atoms with Crippen molar-refractivity contribution < 1.29 is 9.13 Å². The second kappa shape index (κ2) is 8.97. The summed E-state index contributed by atoms with van der Waals surface area (Å²) in [6.45, 7) is 5.08. The van der Waals surface area contributed by atoms with E-state index in [4.69, 9.17) is 4.74 Å². The molecule has 5 nitrogen and oxygen atoms in total. The Labute approximate surface area is 153 Å². The third-order valence-corrected chi connectivity index (χ3v) is 3.52. The van der Waals surface area contributed by atoms with Crippen molar-refractivity contribution in [3.8, 4) is 17.0 Å². The molecule has 2 rings (SSSR count). The van der Waals surface area contributed by atoms with Gasteiger partial charge in [-0.3, -0.25) is 4.79 Å². The van der Waals surface area contributed by atoms with Gasteiger partial charge in [-0.05, 0) is 44.3 Å². The second-order valence-electron chi connectivity index (χ2n) is 6.52. The molecule has 0 fully saturated rings. The van der Waals surface area contributed by atoms with Crippen LogP contribution in [0.1, 0.15) is 19.4 Å². The van der Waals surface area contributed by atoms with Crippen molar-refractivity contribution in [1.82, 2.24) is 14.7 Å². The maximum atomic E-state index is 14.0. The summed E-state index contributed by atoms with van der Waals surface area (Å²) >= 11 is 0. The summed E-state index contributed by atoms with van der Waals surface area (Å²) in [5, 5.41) is 4.43. The molecule has 138 valence electrons. The zero-order chi connectivity index (χ0) is 17.9. The minimum absolute atomic E-state index is 0. The first kappa shape index (κ1) is 21.1. The summed E-state index contributed by atoms with van der Waals surface area (Å²) < 4.78 is 20.4. The molecule has 1 aromatic heterocycles. The molecule has 0 radical (unpaired) electrons. The summed E-state index contributed by atoms with van der Waals surface area (Å²) in [5.41, 5.74) is 1.73. The van der Waals surface area contributed by atoms with Gasteiger partial charge in [0, 0.05) is 24.2 Å². The van der Waals surface area contributed by atoms with Gasteiger partial charge in [0.15, 0.2) is 11.6 Å². The fraction of sp³-hybridized carbons (Fsp3) is 0.444. The number of methoxy groups -OCH3 is 1. The number of ether oxygens (including phenoxy) is 1. The maximum Gasteiger partial charge on any atom is 0.271 e. The quantitative estimate of drug-likeness (QED) is 0.784. The van der Waals surface area contributed by atoms with Crippen LogP contribution in [-0.2, 0) is 13.1 Å². The molecule has 0 saturated heterocycles. The maximum absolute atomic E-state index is 14.0. The fourth-order valence-electron chi connectivity index (χ4n) is 2.49. The monoisotopic (exact) mass is 369 g/mol. The molecule has 0 aliphatic heterocycles. The second-order valence-corrected chi connectivity index (χ2v) is 6.52. The molecule has 1 heterocycles. The first-order chi connectivity index (χ1) is 11.3. The van der Waals surface area contributed by atoms with Gasteiger partial charge in [-0.25, -0.2) is 9.07 Å². The molecule has 1 aromatic carbocycles. The molecule has 0 saturated carbocycles. The van der Waals surface area contributed by atoms with Crippen LogP contribution < -0.4 is 10.3 Å². The summed E-state index contributed by atoms with van der Waals surface area (Å²) in [5.74, 6) is 0.0144. The van der Waals surface area contributed by atoms with Crippen molar-refractivity contribution in [2.24, 2.45) is 5.92 Å². The fourth-order valence-corrected chi connectivity index (χ4v) is 2.49. The van der Waals surface area contributed by atoms with Crippen molar-refractivity contribution in [3.05, 3.63) is 46.0 Å².